The van der Waals surface area contributed by atoms with Gasteiger partial charge in [0.05, 0.1) is 22.8 Å². The van der Waals surface area contributed by atoms with Crippen LogP contribution < -0.4 is 16.0 Å². The van der Waals surface area contributed by atoms with Crippen molar-refractivity contribution in [2.24, 2.45) is 0 Å². The number of anilines is 3. The van der Waals surface area contributed by atoms with Crippen molar-refractivity contribution in [1.82, 2.24) is 9.97 Å². The minimum absolute atomic E-state index is 0.0237. The third kappa shape index (κ3) is 3.71. The van der Waals surface area contributed by atoms with Gasteiger partial charge in [0.1, 0.15) is 11.6 Å². The number of carbonyl (C=O) groups is 1. The van der Waals surface area contributed by atoms with Crippen LogP contribution in [0.5, 0.6) is 0 Å². The topological polar surface area (TPSA) is 93.4 Å². The van der Waals surface area contributed by atoms with Crippen molar-refractivity contribution in [2.45, 2.75) is 45.0 Å². The SMILES string of the molecule is CC[C@@]1(OC)C(=O)N(C)c2cc3c(N[C@H](C)c4cc(N)cc(C(F)(F)F)c4)nc(C)nc3cc21. The molecule has 10 heteroatoms. The number of aryl methyl sites for hydroxylation is 1. The second-order valence-corrected chi connectivity index (χ2v) is 8.51. The normalized spacial score (nSPS) is 18.9. The molecule has 0 bridgehead atoms. The zero-order chi connectivity index (χ0) is 25.0. The number of fused-ring (bicyclic) bond motifs is 2. The molecule has 1 aromatic heterocycles. The number of benzene rings is 2. The highest BCUT2D eigenvalue weighted by Gasteiger charge is 2.49. The van der Waals surface area contributed by atoms with E-state index in [1.807, 2.05) is 19.1 Å². The smallest absolute Gasteiger partial charge is 0.399 e. The van der Waals surface area contributed by atoms with E-state index in [0.29, 0.717) is 40.2 Å². The van der Waals surface area contributed by atoms with Crippen molar-refractivity contribution in [2.75, 3.05) is 30.1 Å². The maximum Gasteiger partial charge on any atom is 0.416 e. The number of hydrogen-bond donors (Lipinski definition) is 2. The minimum Gasteiger partial charge on any atom is -0.399 e. The number of alkyl halides is 3. The largest absolute Gasteiger partial charge is 0.416 e. The average Bonchev–Trinajstić information content (AvgIpc) is 2.97. The molecule has 0 unspecified atom stereocenters. The first-order valence-corrected chi connectivity index (χ1v) is 10.8. The Morgan fingerprint density at radius 1 is 1.21 bits per heavy atom. The quantitative estimate of drug-likeness (QED) is 0.510. The summed E-state index contributed by atoms with van der Waals surface area (Å²) in [5, 5.41) is 3.84. The predicted molar refractivity (Wildman–Crippen MR) is 125 cm³/mol. The molecule has 0 saturated carbocycles. The number of nitrogen functional groups attached to an aromatic ring is 1. The number of rotatable bonds is 5. The highest BCUT2D eigenvalue weighted by molar-refractivity contribution is 6.09. The molecule has 0 fully saturated rings. The summed E-state index contributed by atoms with van der Waals surface area (Å²) >= 11 is 0. The van der Waals surface area contributed by atoms with Gasteiger partial charge in [-0.05, 0) is 56.2 Å². The van der Waals surface area contributed by atoms with Crippen molar-refractivity contribution in [3.05, 3.63) is 52.8 Å². The lowest BCUT2D eigenvalue weighted by atomic mass is 9.91. The van der Waals surface area contributed by atoms with Crippen molar-refractivity contribution in [3.8, 4) is 0 Å². The van der Waals surface area contributed by atoms with Crippen molar-refractivity contribution in [3.63, 3.8) is 0 Å². The molecule has 180 valence electrons. The summed E-state index contributed by atoms with van der Waals surface area (Å²) in [6.45, 7) is 5.34. The van der Waals surface area contributed by atoms with E-state index in [4.69, 9.17) is 10.5 Å². The summed E-state index contributed by atoms with van der Waals surface area (Å²) in [6.07, 6.45) is -4.05. The Balaban J connectivity index is 1.81. The average molecular weight is 473 g/mol. The number of nitrogens with zero attached hydrogens (tertiary/aromatic N) is 3. The molecule has 7 nitrogen and oxygen atoms in total. The molecule has 1 aliphatic heterocycles. The number of ether oxygens (including phenoxy) is 1. The Labute approximate surface area is 195 Å². The van der Waals surface area contributed by atoms with Gasteiger partial charge in [-0.1, -0.05) is 6.92 Å². The van der Waals surface area contributed by atoms with Gasteiger partial charge in [-0.3, -0.25) is 4.79 Å². The van der Waals surface area contributed by atoms with Gasteiger partial charge in [0.25, 0.3) is 5.91 Å². The van der Waals surface area contributed by atoms with E-state index in [-0.39, 0.29) is 11.6 Å². The van der Waals surface area contributed by atoms with Crippen LogP contribution in [0.15, 0.2) is 30.3 Å². The molecule has 0 aliphatic carbocycles. The number of likely N-dealkylation sites (N-methyl/N-ethyl adjacent to an activating group) is 1. The molecule has 2 atom stereocenters. The Hall–Kier alpha value is -3.40. The summed E-state index contributed by atoms with van der Waals surface area (Å²) in [7, 11) is 3.19. The first kappa shape index (κ1) is 23.7. The zero-order valence-electron chi connectivity index (χ0n) is 19.5. The molecule has 34 heavy (non-hydrogen) atoms. The molecule has 3 N–H and O–H groups in total. The minimum atomic E-state index is -4.51. The fraction of sp³-hybridized carbons (Fsp3) is 0.375. The zero-order valence-corrected chi connectivity index (χ0v) is 19.5. The Bertz CT molecular complexity index is 1290. The number of nitrogens with one attached hydrogen (secondary N) is 1. The molecule has 4 rings (SSSR count). The highest BCUT2D eigenvalue weighted by Crippen LogP contribution is 2.46. The summed E-state index contributed by atoms with van der Waals surface area (Å²) < 4.78 is 45.5. The molecule has 1 aliphatic rings. The number of methoxy groups -OCH3 is 1. The lowest BCUT2D eigenvalue weighted by molar-refractivity contribution is -0.140. The van der Waals surface area contributed by atoms with E-state index >= 15 is 0 Å². The number of carbonyl (C=O) groups excluding carboxylic acids is 1. The van der Waals surface area contributed by atoms with Crippen LogP contribution in [0, 0.1) is 6.92 Å². The number of hydrogen-bond acceptors (Lipinski definition) is 6. The summed E-state index contributed by atoms with van der Waals surface area (Å²) in [4.78, 5) is 23.6. The number of aromatic nitrogens is 2. The first-order chi connectivity index (χ1) is 15.9. The molecular weight excluding hydrogens is 447 g/mol. The lowest BCUT2D eigenvalue weighted by Crippen LogP contribution is -2.39. The molecule has 1 amide bonds. The molecule has 3 aromatic rings. The van der Waals surface area contributed by atoms with Crippen LogP contribution in [0.4, 0.5) is 30.4 Å². The van der Waals surface area contributed by atoms with Gasteiger partial charge in [0.2, 0.25) is 0 Å². The van der Waals surface area contributed by atoms with E-state index in [0.717, 1.165) is 17.7 Å². The lowest BCUT2D eigenvalue weighted by Gasteiger charge is -2.25. The number of amides is 1. The molecule has 0 saturated heterocycles. The van der Waals surface area contributed by atoms with Gasteiger partial charge in [-0.2, -0.15) is 13.2 Å². The molecule has 0 spiro atoms. The Morgan fingerprint density at radius 2 is 1.91 bits per heavy atom. The third-order valence-electron chi connectivity index (χ3n) is 6.38. The van der Waals surface area contributed by atoms with Gasteiger partial charge in [0.15, 0.2) is 5.60 Å². The van der Waals surface area contributed by atoms with Crippen LogP contribution in [0.3, 0.4) is 0 Å². The fourth-order valence-electron chi connectivity index (χ4n) is 4.55. The summed E-state index contributed by atoms with van der Waals surface area (Å²) in [5.74, 6) is 0.749. The summed E-state index contributed by atoms with van der Waals surface area (Å²) in [5.41, 5.74) is 6.23. The monoisotopic (exact) mass is 473 g/mol. The Kier molecular flexibility index (Phi) is 5.67. The van der Waals surface area contributed by atoms with Gasteiger partial charge < -0.3 is 20.7 Å². The van der Waals surface area contributed by atoms with Gasteiger partial charge >= 0.3 is 6.18 Å². The molecular formula is C24H26F3N5O2. The van der Waals surface area contributed by atoms with Crippen molar-refractivity contribution >= 4 is 34.0 Å². The van der Waals surface area contributed by atoms with E-state index < -0.39 is 23.4 Å². The molecule has 2 heterocycles. The van der Waals surface area contributed by atoms with Crippen LogP contribution in [-0.4, -0.2) is 30.0 Å². The van der Waals surface area contributed by atoms with Crippen LogP contribution in [0.1, 0.15) is 48.8 Å². The standard InChI is InChI=1S/C24H26F3N5O2/c1-6-23(34-5)18-11-19-17(10-20(18)32(4)22(23)33)21(31-13(3)30-19)29-12(2)14-7-15(24(25,26)27)9-16(28)8-14/h7-12H,6,28H2,1-5H3,(H,29,30,31)/t12-,23+/m1/s1. The van der Waals surface area contributed by atoms with Crippen LogP contribution in [0.25, 0.3) is 10.9 Å². The van der Waals surface area contributed by atoms with Crippen molar-refractivity contribution in [1.29, 1.82) is 0 Å². The van der Waals surface area contributed by atoms with E-state index in [9.17, 15) is 18.0 Å². The second kappa shape index (κ2) is 8.12. The second-order valence-electron chi connectivity index (χ2n) is 8.51. The van der Waals surface area contributed by atoms with E-state index in [1.54, 1.807) is 25.8 Å². The first-order valence-electron chi connectivity index (χ1n) is 10.8. The maximum absolute atomic E-state index is 13.3. The van der Waals surface area contributed by atoms with Gasteiger partial charge in [-0.25, -0.2) is 9.97 Å². The highest BCUT2D eigenvalue weighted by atomic mass is 19.4. The van der Waals surface area contributed by atoms with Crippen LogP contribution in [0.2, 0.25) is 0 Å². The van der Waals surface area contributed by atoms with Crippen LogP contribution >= 0.6 is 0 Å². The maximum atomic E-state index is 13.3. The predicted octanol–water partition coefficient (Wildman–Crippen LogP) is 4.94. The van der Waals surface area contributed by atoms with Crippen molar-refractivity contribution < 1.29 is 22.7 Å². The van der Waals surface area contributed by atoms with Gasteiger partial charge in [0, 0.05) is 30.8 Å². The van der Waals surface area contributed by atoms with E-state index in [1.165, 1.54) is 13.2 Å². The van der Waals surface area contributed by atoms with Gasteiger partial charge in [-0.15, -0.1) is 0 Å². The van der Waals surface area contributed by atoms with E-state index in [2.05, 4.69) is 15.3 Å². The fourth-order valence-corrected chi connectivity index (χ4v) is 4.55. The van der Waals surface area contributed by atoms with Crippen LogP contribution in [-0.2, 0) is 21.3 Å². The molecule has 0 radical (unpaired) electrons. The molecule has 2 aromatic carbocycles. The third-order valence-corrected chi connectivity index (χ3v) is 6.38. The summed E-state index contributed by atoms with van der Waals surface area (Å²) in [6, 6.07) is 6.58. The Morgan fingerprint density at radius 3 is 2.53 bits per heavy atom. The number of halogens is 3. The number of nitrogens with two attached hydrogens (primary N) is 1.